The second-order valence-electron chi connectivity index (χ2n) is 4.63. The Morgan fingerprint density at radius 3 is 2.38 bits per heavy atom. The Labute approximate surface area is 142 Å². The Bertz CT molecular complexity index is 662. The summed E-state index contributed by atoms with van der Waals surface area (Å²) in [5.41, 5.74) is 2.36. The summed E-state index contributed by atoms with van der Waals surface area (Å²) in [5, 5.41) is 5.42. The SMILES string of the molecule is CCc1nn(CC)c(CC(=O)c2cc(Cl)cc(Cl)c2)c1Br. The maximum Gasteiger partial charge on any atom is 0.168 e. The van der Waals surface area contributed by atoms with Gasteiger partial charge >= 0.3 is 0 Å². The van der Waals surface area contributed by atoms with Crippen LogP contribution in [0.15, 0.2) is 22.7 Å². The first-order chi connectivity index (χ1) is 9.96. The van der Waals surface area contributed by atoms with Gasteiger partial charge in [-0.15, -0.1) is 0 Å². The van der Waals surface area contributed by atoms with Crippen LogP contribution in [0.3, 0.4) is 0 Å². The molecule has 0 unspecified atom stereocenters. The molecule has 0 amide bonds. The van der Waals surface area contributed by atoms with Gasteiger partial charge in [0.25, 0.3) is 0 Å². The fourth-order valence-electron chi connectivity index (χ4n) is 2.16. The van der Waals surface area contributed by atoms with Gasteiger partial charge in [0.15, 0.2) is 5.78 Å². The molecule has 0 saturated heterocycles. The normalized spacial score (nSPS) is 10.9. The van der Waals surface area contributed by atoms with Crippen molar-refractivity contribution in [3.63, 3.8) is 0 Å². The molecular formula is C15H15BrCl2N2O. The number of hydrogen-bond acceptors (Lipinski definition) is 2. The Hall–Kier alpha value is -0.840. The molecule has 3 nitrogen and oxygen atoms in total. The number of aromatic nitrogens is 2. The maximum atomic E-state index is 12.5. The van der Waals surface area contributed by atoms with E-state index in [4.69, 9.17) is 23.2 Å². The van der Waals surface area contributed by atoms with E-state index in [-0.39, 0.29) is 12.2 Å². The lowest BCUT2D eigenvalue weighted by atomic mass is 10.1. The third-order valence-corrected chi connectivity index (χ3v) is 4.56. The van der Waals surface area contributed by atoms with Gasteiger partial charge < -0.3 is 0 Å². The number of nitrogens with zero attached hydrogens (tertiary/aromatic N) is 2. The van der Waals surface area contributed by atoms with Gasteiger partial charge in [-0.1, -0.05) is 30.1 Å². The highest BCUT2D eigenvalue weighted by atomic mass is 79.9. The highest BCUT2D eigenvalue weighted by molar-refractivity contribution is 9.10. The van der Waals surface area contributed by atoms with Crippen LogP contribution in [0.2, 0.25) is 10.0 Å². The van der Waals surface area contributed by atoms with Crippen LogP contribution in [0.25, 0.3) is 0 Å². The van der Waals surface area contributed by atoms with E-state index in [1.165, 1.54) is 0 Å². The zero-order valence-electron chi connectivity index (χ0n) is 11.8. The van der Waals surface area contributed by atoms with Gasteiger partial charge in [-0.05, 0) is 47.5 Å². The van der Waals surface area contributed by atoms with Crippen molar-refractivity contribution in [3.8, 4) is 0 Å². The Balaban J connectivity index is 2.33. The minimum absolute atomic E-state index is 0.0302. The Morgan fingerprint density at radius 1 is 1.24 bits per heavy atom. The highest BCUT2D eigenvalue weighted by Crippen LogP contribution is 2.25. The van der Waals surface area contributed by atoms with E-state index >= 15 is 0 Å². The van der Waals surface area contributed by atoms with Crippen molar-refractivity contribution in [1.29, 1.82) is 0 Å². The molecule has 0 aliphatic carbocycles. The zero-order valence-corrected chi connectivity index (χ0v) is 14.9. The van der Waals surface area contributed by atoms with Crippen LogP contribution >= 0.6 is 39.1 Å². The first-order valence-electron chi connectivity index (χ1n) is 6.69. The molecule has 2 rings (SSSR count). The van der Waals surface area contributed by atoms with Gasteiger partial charge in [-0.25, -0.2) is 0 Å². The van der Waals surface area contributed by atoms with Crippen molar-refractivity contribution < 1.29 is 4.79 Å². The quantitative estimate of drug-likeness (QED) is 0.677. The average molecular weight is 390 g/mol. The van der Waals surface area contributed by atoms with Gasteiger partial charge in [0, 0.05) is 22.2 Å². The maximum absolute atomic E-state index is 12.5. The fourth-order valence-corrected chi connectivity index (χ4v) is 3.39. The number of rotatable bonds is 5. The van der Waals surface area contributed by atoms with Crippen LogP contribution < -0.4 is 0 Å². The molecule has 0 saturated carbocycles. The fraction of sp³-hybridized carbons (Fsp3) is 0.333. The van der Waals surface area contributed by atoms with Crippen molar-refractivity contribution in [2.24, 2.45) is 0 Å². The van der Waals surface area contributed by atoms with E-state index in [1.807, 2.05) is 18.5 Å². The average Bonchev–Trinajstić information content (AvgIpc) is 2.74. The Kier molecular flexibility index (Phi) is 5.47. The molecule has 1 aromatic carbocycles. The molecule has 6 heteroatoms. The predicted octanol–water partition coefficient (Wildman–Crippen LogP) is 4.96. The van der Waals surface area contributed by atoms with Gasteiger partial charge in [0.1, 0.15) is 0 Å². The Morgan fingerprint density at radius 2 is 1.86 bits per heavy atom. The molecule has 0 spiro atoms. The second-order valence-corrected chi connectivity index (χ2v) is 6.30. The number of ketones is 1. The highest BCUT2D eigenvalue weighted by Gasteiger charge is 2.18. The summed E-state index contributed by atoms with van der Waals surface area (Å²) < 4.78 is 2.76. The number of carbonyl (C=O) groups is 1. The number of Topliss-reactive ketones (excluding diaryl/α,β-unsaturated/α-hetero) is 1. The van der Waals surface area contributed by atoms with E-state index in [1.54, 1.807) is 18.2 Å². The summed E-state index contributed by atoms with van der Waals surface area (Å²) in [7, 11) is 0. The monoisotopic (exact) mass is 388 g/mol. The molecule has 2 aromatic rings. The van der Waals surface area contributed by atoms with Crippen LogP contribution in [0.5, 0.6) is 0 Å². The third kappa shape index (κ3) is 3.68. The summed E-state index contributed by atoms with van der Waals surface area (Å²) >= 11 is 15.4. The van der Waals surface area contributed by atoms with Crippen molar-refractivity contribution in [1.82, 2.24) is 9.78 Å². The molecule has 0 bridgehead atoms. The van der Waals surface area contributed by atoms with Crippen molar-refractivity contribution in [3.05, 3.63) is 49.7 Å². The number of halogens is 3. The van der Waals surface area contributed by atoms with Crippen LogP contribution in [0.4, 0.5) is 0 Å². The van der Waals surface area contributed by atoms with Crippen LogP contribution in [0, 0.1) is 0 Å². The summed E-state index contributed by atoms with van der Waals surface area (Å²) in [4.78, 5) is 12.5. The van der Waals surface area contributed by atoms with E-state index in [2.05, 4.69) is 21.0 Å². The van der Waals surface area contributed by atoms with E-state index < -0.39 is 0 Å². The van der Waals surface area contributed by atoms with Gasteiger partial charge in [-0.2, -0.15) is 5.10 Å². The largest absolute Gasteiger partial charge is 0.294 e. The minimum Gasteiger partial charge on any atom is -0.294 e. The first-order valence-corrected chi connectivity index (χ1v) is 8.24. The molecule has 21 heavy (non-hydrogen) atoms. The summed E-state index contributed by atoms with van der Waals surface area (Å²) in [5.74, 6) is -0.0302. The standard InChI is InChI=1S/C15H15BrCl2N2O/c1-3-12-15(16)13(20(4-2)19-12)8-14(21)9-5-10(17)7-11(18)6-9/h5-7H,3-4,8H2,1-2H3. The summed E-state index contributed by atoms with van der Waals surface area (Å²) in [6.45, 7) is 4.76. The van der Waals surface area contributed by atoms with E-state index in [9.17, 15) is 4.79 Å². The van der Waals surface area contributed by atoms with Crippen molar-refractivity contribution >= 4 is 44.9 Å². The molecule has 0 fully saturated rings. The van der Waals surface area contributed by atoms with E-state index in [0.29, 0.717) is 15.6 Å². The van der Waals surface area contributed by atoms with E-state index in [0.717, 1.165) is 28.8 Å². The zero-order chi connectivity index (χ0) is 15.6. The molecular weight excluding hydrogens is 375 g/mol. The molecule has 0 radical (unpaired) electrons. The number of carbonyl (C=O) groups excluding carboxylic acids is 1. The first kappa shape index (κ1) is 16.5. The molecule has 0 N–H and O–H groups in total. The number of benzene rings is 1. The van der Waals surface area contributed by atoms with Crippen LogP contribution in [-0.4, -0.2) is 15.6 Å². The summed E-state index contributed by atoms with van der Waals surface area (Å²) in [6, 6.07) is 4.88. The van der Waals surface area contributed by atoms with Crippen LogP contribution in [0.1, 0.15) is 35.6 Å². The van der Waals surface area contributed by atoms with Crippen molar-refractivity contribution in [2.45, 2.75) is 33.2 Å². The summed E-state index contributed by atoms with van der Waals surface area (Å²) in [6.07, 6.45) is 1.08. The van der Waals surface area contributed by atoms with Gasteiger partial charge in [0.05, 0.1) is 22.3 Å². The third-order valence-electron chi connectivity index (χ3n) is 3.21. The topological polar surface area (TPSA) is 34.9 Å². The molecule has 1 heterocycles. The second kappa shape index (κ2) is 6.95. The van der Waals surface area contributed by atoms with Gasteiger partial charge in [0.2, 0.25) is 0 Å². The van der Waals surface area contributed by atoms with Gasteiger partial charge in [-0.3, -0.25) is 9.48 Å². The lowest BCUT2D eigenvalue weighted by Gasteiger charge is -2.06. The lowest BCUT2D eigenvalue weighted by Crippen LogP contribution is -2.10. The molecule has 0 aliphatic rings. The molecule has 112 valence electrons. The molecule has 0 aliphatic heterocycles. The van der Waals surface area contributed by atoms with Crippen LogP contribution in [-0.2, 0) is 19.4 Å². The number of aryl methyl sites for hydroxylation is 2. The lowest BCUT2D eigenvalue weighted by molar-refractivity contribution is 0.0990. The number of hydrogen-bond donors (Lipinski definition) is 0. The van der Waals surface area contributed by atoms with Crippen molar-refractivity contribution in [2.75, 3.05) is 0 Å². The molecule has 1 aromatic heterocycles. The predicted molar refractivity (Wildman–Crippen MR) is 89.5 cm³/mol. The smallest absolute Gasteiger partial charge is 0.168 e. The molecule has 0 atom stereocenters. The minimum atomic E-state index is -0.0302.